The molecule has 0 aliphatic carbocycles. The highest BCUT2D eigenvalue weighted by Crippen LogP contribution is 2.13. The van der Waals surface area contributed by atoms with Gasteiger partial charge in [0.1, 0.15) is 0 Å². The zero-order valence-electron chi connectivity index (χ0n) is 8.96. The van der Waals surface area contributed by atoms with Crippen LogP contribution in [0.1, 0.15) is 5.69 Å². The van der Waals surface area contributed by atoms with Gasteiger partial charge in [-0.25, -0.2) is 9.67 Å². The lowest BCUT2D eigenvalue weighted by Crippen LogP contribution is -1.98. The minimum Gasteiger partial charge on any atom is -0.229 e. The van der Waals surface area contributed by atoms with Crippen LogP contribution in [0, 0.1) is 6.92 Å². The van der Waals surface area contributed by atoms with Crippen molar-refractivity contribution in [2.45, 2.75) is 6.92 Å². The number of para-hydroxylation sites is 1. The number of nitrogens with zero attached hydrogens (tertiary/aromatic N) is 3. The summed E-state index contributed by atoms with van der Waals surface area (Å²) in [7, 11) is 0. The van der Waals surface area contributed by atoms with E-state index in [2.05, 4.69) is 22.2 Å². The van der Waals surface area contributed by atoms with Crippen LogP contribution in [0.25, 0.3) is 16.7 Å². The van der Waals surface area contributed by atoms with Gasteiger partial charge in [0.25, 0.3) is 0 Å². The minimum absolute atomic E-state index is 0.854. The average Bonchev–Trinajstić information content (AvgIpc) is 2.75. The second-order valence-electron chi connectivity index (χ2n) is 3.76. The van der Waals surface area contributed by atoms with Crippen molar-refractivity contribution in [3.8, 4) is 5.82 Å². The van der Waals surface area contributed by atoms with Gasteiger partial charge in [-0.3, -0.25) is 0 Å². The predicted molar refractivity (Wildman–Crippen MR) is 63.6 cm³/mol. The van der Waals surface area contributed by atoms with Crippen LogP contribution in [-0.4, -0.2) is 14.8 Å². The number of aryl methyl sites for hydroxylation is 1. The third-order valence-electron chi connectivity index (χ3n) is 2.54. The molecule has 2 aromatic heterocycles. The van der Waals surface area contributed by atoms with Crippen LogP contribution >= 0.6 is 0 Å². The van der Waals surface area contributed by atoms with Crippen molar-refractivity contribution in [1.82, 2.24) is 14.8 Å². The first-order valence-corrected chi connectivity index (χ1v) is 5.21. The molecule has 0 unspecified atom stereocenters. The number of hydrogen-bond acceptors (Lipinski definition) is 2. The van der Waals surface area contributed by atoms with Gasteiger partial charge in [0.2, 0.25) is 0 Å². The lowest BCUT2D eigenvalue weighted by molar-refractivity contribution is 0.837. The molecule has 0 amide bonds. The molecule has 16 heavy (non-hydrogen) atoms. The molecule has 0 saturated carbocycles. The van der Waals surface area contributed by atoms with Crippen LogP contribution in [-0.2, 0) is 0 Å². The molecule has 3 aromatic rings. The summed E-state index contributed by atoms with van der Waals surface area (Å²) in [4.78, 5) is 4.56. The fraction of sp³-hybridized carbons (Fsp3) is 0.0769. The third-order valence-corrected chi connectivity index (χ3v) is 2.54. The van der Waals surface area contributed by atoms with Gasteiger partial charge in [-0.15, -0.1) is 0 Å². The van der Waals surface area contributed by atoms with Crippen molar-refractivity contribution in [3.05, 3.63) is 54.4 Å². The first-order valence-electron chi connectivity index (χ1n) is 5.21. The molecule has 0 bridgehead atoms. The number of fused-ring (bicyclic) bond motifs is 1. The second-order valence-corrected chi connectivity index (χ2v) is 3.76. The Morgan fingerprint density at radius 3 is 2.69 bits per heavy atom. The van der Waals surface area contributed by atoms with Crippen LogP contribution in [0.2, 0.25) is 0 Å². The molecule has 1 aromatic carbocycles. The molecule has 2 heterocycles. The SMILES string of the molecule is Cc1ccn(-c2ccc3ccccc3n2)n1. The molecule has 0 N–H and O–H groups in total. The van der Waals surface area contributed by atoms with Gasteiger partial charge in [-0.2, -0.15) is 5.10 Å². The zero-order valence-corrected chi connectivity index (χ0v) is 8.96. The lowest BCUT2D eigenvalue weighted by Gasteiger charge is -2.02. The maximum atomic E-state index is 4.56. The first-order chi connectivity index (χ1) is 7.83. The van der Waals surface area contributed by atoms with E-state index in [1.54, 1.807) is 4.68 Å². The number of benzene rings is 1. The van der Waals surface area contributed by atoms with Gasteiger partial charge < -0.3 is 0 Å². The maximum absolute atomic E-state index is 4.56. The van der Waals surface area contributed by atoms with E-state index in [9.17, 15) is 0 Å². The van der Waals surface area contributed by atoms with Crippen LogP contribution in [0.3, 0.4) is 0 Å². The van der Waals surface area contributed by atoms with Crippen molar-refractivity contribution in [2.24, 2.45) is 0 Å². The standard InChI is InChI=1S/C13H11N3/c1-10-8-9-16(15-10)13-7-6-11-4-2-3-5-12(11)14-13/h2-9H,1H3. The second kappa shape index (κ2) is 3.45. The molecular weight excluding hydrogens is 198 g/mol. The van der Waals surface area contributed by atoms with E-state index in [-0.39, 0.29) is 0 Å². The molecule has 3 nitrogen and oxygen atoms in total. The summed E-state index contributed by atoms with van der Waals surface area (Å²) in [5.41, 5.74) is 1.99. The van der Waals surface area contributed by atoms with Crippen LogP contribution in [0.4, 0.5) is 0 Å². The average molecular weight is 209 g/mol. The van der Waals surface area contributed by atoms with Gasteiger partial charge in [0, 0.05) is 11.6 Å². The summed E-state index contributed by atoms with van der Waals surface area (Å²) >= 11 is 0. The molecule has 0 fully saturated rings. The smallest absolute Gasteiger partial charge is 0.154 e. The Labute approximate surface area is 93.4 Å². The van der Waals surface area contributed by atoms with Crippen LogP contribution in [0.5, 0.6) is 0 Å². The van der Waals surface area contributed by atoms with Crippen molar-refractivity contribution in [1.29, 1.82) is 0 Å². The fourth-order valence-electron chi connectivity index (χ4n) is 1.73. The Morgan fingerprint density at radius 1 is 1.00 bits per heavy atom. The Morgan fingerprint density at radius 2 is 1.88 bits per heavy atom. The Balaban J connectivity index is 2.18. The normalized spacial score (nSPS) is 10.8. The number of rotatable bonds is 1. The van der Waals surface area contributed by atoms with Gasteiger partial charge in [-0.05, 0) is 31.2 Å². The summed E-state index contributed by atoms with van der Waals surface area (Å²) in [5, 5.41) is 5.49. The predicted octanol–water partition coefficient (Wildman–Crippen LogP) is 2.73. The van der Waals surface area contributed by atoms with Crippen molar-refractivity contribution in [2.75, 3.05) is 0 Å². The Kier molecular flexibility index (Phi) is 1.96. The monoisotopic (exact) mass is 209 g/mol. The highest BCUT2D eigenvalue weighted by atomic mass is 15.3. The first kappa shape index (κ1) is 9.09. The summed E-state index contributed by atoms with van der Waals surface area (Å²) in [6.45, 7) is 1.97. The van der Waals surface area contributed by atoms with Crippen molar-refractivity contribution in [3.63, 3.8) is 0 Å². The Bertz CT molecular complexity index is 640. The van der Waals surface area contributed by atoms with Crippen molar-refractivity contribution >= 4 is 10.9 Å². The molecule has 3 rings (SSSR count). The van der Waals surface area contributed by atoms with E-state index in [0.717, 1.165) is 22.4 Å². The topological polar surface area (TPSA) is 30.7 Å². The van der Waals surface area contributed by atoms with E-state index in [4.69, 9.17) is 0 Å². The van der Waals surface area contributed by atoms with E-state index in [1.165, 1.54) is 0 Å². The minimum atomic E-state index is 0.854. The summed E-state index contributed by atoms with van der Waals surface area (Å²) in [6.07, 6.45) is 1.92. The maximum Gasteiger partial charge on any atom is 0.154 e. The molecule has 3 heteroatoms. The van der Waals surface area contributed by atoms with Gasteiger partial charge >= 0.3 is 0 Å². The molecule has 0 spiro atoms. The molecule has 0 saturated heterocycles. The van der Waals surface area contributed by atoms with Gasteiger partial charge in [0.05, 0.1) is 11.2 Å². The van der Waals surface area contributed by atoms with Crippen molar-refractivity contribution < 1.29 is 0 Å². The number of pyridine rings is 1. The Hall–Kier alpha value is -2.16. The van der Waals surface area contributed by atoms with E-state index in [1.807, 2.05) is 43.5 Å². The molecule has 0 aliphatic heterocycles. The lowest BCUT2D eigenvalue weighted by atomic mass is 10.2. The molecule has 78 valence electrons. The summed E-state index contributed by atoms with van der Waals surface area (Å²) < 4.78 is 1.79. The van der Waals surface area contributed by atoms with E-state index >= 15 is 0 Å². The highest BCUT2D eigenvalue weighted by Gasteiger charge is 2.00. The number of aromatic nitrogens is 3. The van der Waals surface area contributed by atoms with E-state index < -0.39 is 0 Å². The fourth-order valence-corrected chi connectivity index (χ4v) is 1.73. The summed E-state index contributed by atoms with van der Waals surface area (Å²) in [5.74, 6) is 0.854. The van der Waals surface area contributed by atoms with Crippen LogP contribution in [0.15, 0.2) is 48.7 Å². The molecular formula is C13H11N3. The highest BCUT2D eigenvalue weighted by molar-refractivity contribution is 5.79. The zero-order chi connectivity index (χ0) is 11.0. The molecule has 0 atom stereocenters. The van der Waals surface area contributed by atoms with E-state index in [0.29, 0.717) is 0 Å². The van der Waals surface area contributed by atoms with Gasteiger partial charge in [-0.1, -0.05) is 18.2 Å². The third kappa shape index (κ3) is 1.46. The number of hydrogen-bond donors (Lipinski definition) is 0. The summed E-state index contributed by atoms with van der Waals surface area (Å²) in [6, 6.07) is 14.1. The quantitative estimate of drug-likeness (QED) is 0.617. The molecule has 0 aliphatic rings. The molecule has 0 radical (unpaired) electrons. The largest absolute Gasteiger partial charge is 0.229 e. The van der Waals surface area contributed by atoms with Crippen LogP contribution < -0.4 is 0 Å². The van der Waals surface area contributed by atoms with Gasteiger partial charge in [0.15, 0.2) is 5.82 Å².